The molecule has 27 heavy (non-hydrogen) atoms. The Morgan fingerprint density at radius 1 is 1.04 bits per heavy atom. The first-order chi connectivity index (χ1) is 13.0. The highest BCUT2D eigenvalue weighted by Gasteiger charge is 2.12. The van der Waals surface area contributed by atoms with Crippen molar-refractivity contribution in [2.24, 2.45) is 0 Å². The lowest BCUT2D eigenvalue weighted by Crippen LogP contribution is -2.16. The Morgan fingerprint density at radius 2 is 1.89 bits per heavy atom. The molecular weight excluding hydrogens is 342 g/mol. The number of amides is 1. The zero-order valence-electron chi connectivity index (χ0n) is 15.1. The van der Waals surface area contributed by atoms with Crippen LogP contribution in [0.15, 0.2) is 54.7 Å². The molecule has 1 aromatic carbocycles. The lowest BCUT2D eigenvalue weighted by Gasteiger charge is -2.09. The van der Waals surface area contributed by atoms with Gasteiger partial charge in [0.2, 0.25) is 5.95 Å². The largest absolute Gasteiger partial charge is 0.349 e. The molecule has 0 atom stereocenters. The summed E-state index contributed by atoms with van der Waals surface area (Å²) in [6, 6.07) is 14.0. The fourth-order valence-corrected chi connectivity index (χ4v) is 2.45. The van der Waals surface area contributed by atoms with E-state index in [2.05, 4.69) is 25.6 Å². The van der Waals surface area contributed by atoms with Crippen molar-refractivity contribution < 1.29 is 9.59 Å². The Kier molecular flexibility index (Phi) is 5.51. The summed E-state index contributed by atoms with van der Waals surface area (Å²) in [5.74, 6) is -0.0876. The Balaban J connectivity index is 1.74. The average Bonchev–Trinajstić information content (AvgIpc) is 2.67. The fourth-order valence-electron chi connectivity index (χ4n) is 2.45. The van der Waals surface area contributed by atoms with Crippen LogP contribution in [0.5, 0.6) is 0 Å². The topological polar surface area (TPSA) is 96.9 Å². The number of carbonyl (C=O) groups excluding carboxylic acids is 2. The number of nitrogens with one attached hydrogen (secondary N) is 2. The number of aromatic nitrogens is 3. The van der Waals surface area contributed by atoms with Crippen LogP contribution in [0.4, 0.5) is 11.6 Å². The average molecular weight is 361 g/mol. The maximum absolute atomic E-state index is 12.5. The standard InChI is InChI=1S/C20H19N5O2/c1-13-10-18(19(27)24-16-8-5-6-15(11-16)14(2)26)25-20(23-13)22-12-17-7-3-4-9-21-17/h3-11H,12H2,1-2H3,(H,24,27)(H,22,23,25). The number of Topliss-reactive ketones (excluding diaryl/α,β-unsaturated/α-hetero) is 1. The number of hydrogen-bond acceptors (Lipinski definition) is 6. The highest BCUT2D eigenvalue weighted by molar-refractivity contribution is 6.04. The van der Waals surface area contributed by atoms with Gasteiger partial charge in [-0.25, -0.2) is 9.97 Å². The number of aryl methyl sites for hydroxylation is 1. The van der Waals surface area contributed by atoms with Gasteiger partial charge in [-0.15, -0.1) is 0 Å². The molecule has 0 unspecified atom stereocenters. The summed E-state index contributed by atoms with van der Waals surface area (Å²) < 4.78 is 0. The molecule has 7 nitrogen and oxygen atoms in total. The van der Waals surface area contributed by atoms with Crippen molar-refractivity contribution in [3.63, 3.8) is 0 Å². The van der Waals surface area contributed by atoms with Crippen LogP contribution in [0.2, 0.25) is 0 Å². The van der Waals surface area contributed by atoms with E-state index in [0.717, 1.165) is 5.69 Å². The predicted molar refractivity (Wildman–Crippen MR) is 103 cm³/mol. The molecule has 136 valence electrons. The lowest BCUT2D eigenvalue weighted by molar-refractivity contribution is 0.100. The molecule has 7 heteroatoms. The summed E-state index contributed by atoms with van der Waals surface area (Å²) in [5.41, 5.74) is 2.81. The van der Waals surface area contributed by atoms with Gasteiger partial charge in [0.05, 0.1) is 12.2 Å². The maximum Gasteiger partial charge on any atom is 0.274 e. The Hall–Kier alpha value is -3.61. The second-order valence-electron chi connectivity index (χ2n) is 5.98. The minimum absolute atomic E-state index is 0.0648. The summed E-state index contributed by atoms with van der Waals surface area (Å²) in [4.78, 5) is 36.8. The number of rotatable bonds is 6. The minimum Gasteiger partial charge on any atom is -0.349 e. The number of benzene rings is 1. The van der Waals surface area contributed by atoms with E-state index >= 15 is 0 Å². The van der Waals surface area contributed by atoms with Gasteiger partial charge >= 0.3 is 0 Å². The summed E-state index contributed by atoms with van der Waals surface area (Å²) in [7, 11) is 0. The smallest absolute Gasteiger partial charge is 0.274 e. The number of ketones is 1. The van der Waals surface area contributed by atoms with Crippen LogP contribution in [-0.2, 0) is 6.54 Å². The van der Waals surface area contributed by atoms with E-state index in [9.17, 15) is 9.59 Å². The Morgan fingerprint density at radius 3 is 2.63 bits per heavy atom. The predicted octanol–water partition coefficient (Wildman–Crippen LogP) is 3.25. The lowest BCUT2D eigenvalue weighted by atomic mass is 10.1. The van der Waals surface area contributed by atoms with Crippen molar-refractivity contribution in [3.05, 3.63) is 77.4 Å². The first-order valence-corrected chi connectivity index (χ1v) is 8.43. The van der Waals surface area contributed by atoms with E-state index in [-0.39, 0.29) is 17.4 Å². The van der Waals surface area contributed by atoms with Gasteiger partial charge in [-0.1, -0.05) is 18.2 Å². The van der Waals surface area contributed by atoms with E-state index in [0.29, 0.717) is 29.4 Å². The quantitative estimate of drug-likeness (QED) is 0.654. The van der Waals surface area contributed by atoms with Crippen molar-refractivity contribution in [3.8, 4) is 0 Å². The van der Waals surface area contributed by atoms with E-state index < -0.39 is 0 Å². The third kappa shape index (κ3) is 4.94. The van der Waals surface area contributed by atoms with Gasteiger partial charge < -0.3 is 10.6 Å². The van der Waals surface area contributed by atoms with Crippen LogP contribution in [0.25, 0.3) is 0 Å². The van der Waals surface area contributed by atoms with Crippen LogP contribution < -0.4 is 10.6 Å². The van der Waals surface area contributed by atoms with Crippen LogP contribution in [0.3, 0.4) is 0 Å². The zero-order chi connectivity index (χ0) is 19.2. The Labute approximate surface area is 156 Å². The van der Waals surface area contributed by atoms with E-state index in [1.165, 1.54) is 6.92 Å². The molecule has 0 spiro atoms. The third-order valence-corrected chi connectivity index (χ3v) is 3.77. The number of carbonyl (C=O) groups is 2. The van der Waals surface area contributed by atoms with Crippen LogP contribution in [0, 0.1) is 6.92 Å². The molecule has 2 aromatic heterocycles. The Bertz CT molecular complexity index is 973. The van der Waals surface area contributed by atoms with Crippen LogP contribution in [-0.4, -0.2) is 26.6 Å². The molecule has 0 fully saturated rings. The highest BCUT2D eigenvalue weighted by Crippen LogP contribution is 2.13. The van der Waals surface area contributed by atoms with Gasteiger partial charge in [0.15, 0.2) is 5.78 Å². The molecule has 0 aliphatic rings. The molecule has 0 bridgehead atoms. The molecule has 1 amide bonds. The summed E-state index contributed by atoms with van der Waals surface area (Å²) in [5, 5.41) is 5.84. The minimum atomic E-state index is -0.373. The normalized spacial score (nSPS) is 10.3. The molecule has 0 saturated heterocycles. The molecular formula is C20H19N5O2. The van der Waals surface area contributed by atoms with Crippen molar-refractivity contribution in [1.29, 1.82) is 0 Å². The van der Waals surface area contributed by atoms with Crippen LogP contribution >= 0.6 is 0 Å². The SMILES string of the molecule is CC(=O)c1cccc(NC(=O)c2cc(C)nc(NCc3ccccn3)n2)c1. The van der Waals surface area contributed by atoms with Gasteiger partial charge in [0.1, 0.15) is 5.69 Å². The number of hydrogen-bond donors (Lipinski definition) is 2. The van der Waals surface area contributed by atoms with Crippen molar-refractivity contribution >= 4 is 23.3 Å². The van der Waals surface area contributed by atoms with Gasteiger partial charge in [-0.2, -0.15) is 0 Å². The molecule has 3 rings (SSSR count). The summed E-state index contributed by atoms with van der Waals surface area (Å²) in [6.45, 7) is 3.72. The number of anilines is 2. The van der Waals surface area contributed by atoms with Crippen molar-refractivity contribution in [2.75, 3.05) is 10.6 Å². The molecule has 0 radical (unpaired) electrons. The molecule has 0 aliphatic heterocycles. The van der Waals surface area contributed by atoms with Gasteiger partial charge in [-0.05, 0) is 44.2 Å². The maximum atomic E-state index is 12.5. The number of pyridine rings is 1. The molecule has 3 aromatic rings. The third-order valence-electron chi connectivity index (χ3n) is 3.77. The molecule has 0 aliphatic carbocycles. The first kappa shape index (κ1) is 18.2. The molecule has 2 heterocycles. The van der Waals surface area contributed by atoms with Crippen molar-refractivity contribution in [2.45, 2.75) is 20.4 Å². The highest BCUT2D eigenvalue weighted by atomic mass is 16.2. The molecule has 2 N–H and O–H groups in total. The second kappa shape index (κ2) is 8.18. The van der Waals surface area contributed by atoms with Gasteiger partial charge in [0, 0.05) is 23.1 Å². The van der Waals surface area contributed by atoms with E-state index in [1.54, 1.807) is 43.5 Å². The van der Waals surface area contributed by atoms with E-state index in [4.69, 9.17) is 0 Å². The van der Waals surface area contributed by atoms with Crippen LogP contribution in [0.1, 0.15) is 39.2 Å². The van der Waals surface area contributed by atoms with E-state index in [1.807, 2.05) is 18.2 Å². The molecule has 0 saturated carbocycles. The second-order valence-corrected chi connectivity index (χ2v) is 5.98. The summed E-state index contributed by atoms with van der Waals surface area (Å²) >= 11 is 0. The first-order valence-electron chi connectivity index (χ1n) is 8.43. The fraction of sp³-hybridized carbons (Fsp3) is 0.150. The van der Waals surface area contributed by atoms with Gasteiger partial charge in [0.25, 0.3) is 5.91 Å². The van der Waals surface area contributed by atoms with Gasteiger partial charge in [-0.3, -0.25) is 14.6 Å². The van der Waals surface area contributed by atoms with Crippen molar-refractivity contribution in [1.82, 2.24) is 15.0 Å². The summed E-state index contributed by atoms with van der Waals surface area (Å²) in [6.07, 6.45) is 1.71. The number of nitrogens with zero attached hydrogens (tertiary/aromatic N) is 3. The monoisotopic (exact) mass is 361 g/mol. The zero-order valence-corrected chi connectivity index (χ0v) is 15.1.